The van der Waals surface area contributed by atoms with Crippen LogP contribution >= 0.6 is 0 Å². The molecule has 0 heterocycles. The number of hydrogen-bond acceptors (Lipinski definition) is 2. The van der Waals surface area contributed by atoms with Crippen molar-refractivity contribution in [2.75, 3.05) is 6.61 Å². The van der Waals surface area contributed by atoms with Crippen molar-refractivity contribution < 1.29 is 9.53 Å². The molecule has 0 aromatic carbocycles. The van der Waals surface area contributed by atoms with E-state index in [1.165, 1.54) is 70.3 Å². The lowest BCUT2D eigenvalue weighted by molar-refractivity contribution is -0.138. The van der Waals surface area contributed by atoms with Crippen molar-refractivity contribution in [2.45, 2.75) is 91.4 Å². The van der Waals surface area contributed by atoms with Crippen LogP contribution in [0.25, 0.3) is 0 Å². The summed E-state index contributed by atoms with van der Waals surface area (Å²) in [6, 6.07) is 0. The average molecular weight is 296 g/mol. The summed E-state index contributed by atoms with van der Waals surface area (Å²) in [4.78, 5) is 11.0. The van der Waals surface area contributed by atoms with Crippen LogP contribution in [0, 0.1) is 5.41 Å². The number of carbonyl (C=O) groups is 1. The molecule has 2 heteroatoms. The minimum Gasteiger partial charge on any atom is -0.463 e. The Balaban J connectivity index is 3.44. The molecule has 0 aliphatic carbocycles. The average Bonchev–Trinajstić information content (AvgIpc) is 2.45. The van der Waals surface area contributed by atoms with Crippen LogP contribution in [0.1, 0.15) is 91.4 Å². The minimum atomic E-state index is -0.311. The van der Waals surface area contributed by atoms with Crippen molar-refractivity contribution in [1.29, 1.82) is 0 Å². The molecular weight excluding hydrogens is 260 g/mol. The summed E-state index contributed by atoms with van der Waals surface area (Å²) in [6.07, 6.45) is 15.7. The van der Waals surface area contributed by atoms with E-state index in [1.807, 2.05) is 0 Å². The van der Waals surface area contributed by atoms with Gasteiger partial charge in [0.2, 0.25) is 0 Å². The van der Waals surface area contributed by atoms with E-state index in [2.05, 4.69) is 27.4 Å². The normalized spacial score (nSPS) is 11.4. The van der Waals surface area contributed by atoms with Crippen LogP contribution in [0.5, 0.6) is 0 Å². The van der Waals surface area contributed by atoms with Crippen LogP contribution in [0.4, 0.5) is 0 Å². The highest BCUT2D eigenvalue weighted by molar-refractivity contribution is 5.81. The number of rotatable bonds is 14. The van der Waals surface area contributed by atoms with Crippen molar-refractivity contribution in [1.82, 2.24) is 0 Å². The van der Waals surface area contributed by atoms with Gasteiger partial charge in [-0.3, -0.25) is 0 Å². The van der Waals surface area contributed by atoms with Gasteiger partial charge in [0.1, 0.15) is 0 Å². The number of carbonyl (C=O) groups excluding carboxylic acids is 1. The Morgan fingerprint density at radius 1 is 0.952 bits per heavy atom. The van der Waals surface area contributed by atoms with E-state index >= 15 is 0 Å². The maximum absolute atomic E-state index is 11.0. The van der Waals surface area contributed by atoms with Gasteiger partial charge in [-0.05, 0) is 18.3 Å². The van der Waals surface area contributed by atoms with Crippen molar-refractivity contribution >= 4 is 5.97 Å². The first-order valence-electron chi connectivity index (χ1n) is 8.81. The number of unbranched alkanes of at least 4 members (excludes halogenated alkanes) is 8. The van der Waals surface area contributed by atoms with Gasteiger partial charge in [-0.1, -0.05) is 85.1 Å². The Hall–Kier alpha value is -0.790. The molecule has 0 rings (SSSR count). The van der Waals surface area contributed by atoms with Crippen molar-refractivity contribution in [2.24, 2.45) is 5.41 Å². The molecule has 0 N–H and O–H groups in total. The molecular formula is C19H36O2. The Morgan fingerprint density at radius 3 is 2.00 bits per heavy atom. The highest BCUT2D eigenvalue weighted by atomic mass is 16.5. The zero-order valence-electron chi connectivity index (χ0n) is 14.6. The summed E-state index contributed by atoms with van der Waals surface area (Å²) in [5, 5.41) is 0. The van der Waals surface area contributed by atoms with Gasteiger partial charge < -0.3 is 4.74 Å². The van der Waals surface area contributed by atoms with E-state index in [-0.39, 0.29) is 11.4 Å². The predicted molar refractivity (Wildman–Crippen MR) is 91.4 cm³/mol. The summed E-state index contributed by atoms with van der Waals surface area (Å²) in [5.41, 5.74) is 0.266. The molecule has 0 fully saturated rings. The molecule has 0 bridgehead atoms. The summed E-state index contributed by atoms with van der Waals surface area (Å²) < 4.78 is 5.06. The predicted octanol–water partition coefficient (Wildman–Crippen LogP) is 6.05. The molecule has 2 nitrogen and oxygen atoms in total. The van der Waals surface area contributed by atoms with E-state index in [9.17, 15) is 4.79 Å². The van der Waals surface area contributed by atoms with Gasteiger partial charge in [0.05, 0.1) is 6.61 Å². The minimum absolute atomic E-state index is 0.266. The first-order chi connectivity index (χ1) is 10.0. The molecule has 0 aromatic rings. The monoisotopic (exact) mass is 296 g/mol. The maximum atomic E-state index is 11.0. The van der Waals surface area contributed by atoms with Crippen LogP contribution in [0.2, 0.25) is 0 Å². The van der Waals surface area contributed by atoms with Gasteiger partial charge >= 0.3 is 5.97 Å². The largest absolute Gasteiger partial charge is 0.463 e. The fourth-order valence-electron chi connectivity index (χ4n) is 2.53. The Bertz CT molecular complexity index is 269. The SMILES string of the molecule is C=CC(=O)OCCC(C)(C)CCCCCCCCCCC. The van der Waals surface area contributed by atoms with Gasteiger partial charge in [0, 0.05) is 6.08 Å². The van der Waals surface area contributed by atoms with Crippen molar-refractivity contribution in [3.8, 4) is 0 Å². The molecule has 0 spiro atoms. The van der Waals surface area contributed by atoms with Gasteiger partial charge in [0.15, 0.2) is 0 Å². The fourth-order valence-corrected chi connectivity index (χ4v) is 2.53. The van der Waals surface area contributed by atoms with Crippen LogP contribution in [0.15, 0.2) is 12.7 Å². The lowest BCUT2D eigenvalue weighted by Crippen LogP contribution is -2.16. The van der Waals surface area contributed by atoms with E-state index in [0.29, 0.717) is 6.61 Å². The number of ether oxygens (including phenoxy) is 1. The highest BCUT2D eigenvalue weighted by Crippen LogP contribution is 2.28. The molecule has 124 valence electrons. The fraction of sp³-hybridized carbons (Fsp3) is 0.842. The lowest BCUT2D eigenvalue weighted by Gasteiger charge is -2.24. The van der Waals surface area contributed by atoms with E-state index in [1.54, 1.807) is 0 Å². The Morgan fingerprint density at radius 2 is 1.48 bits per heavy atom. The van der Waals surface area contributed by atoms with Gasteiger partial charge in [-0.15, -0.1) is 0 Å². The third-order valence-corrected chi connectivity index (χ3v) is 4.15. The van der Waals surface area contributed by atoms with Crippen LogP contribution in [0.3, 0.4) is 0 Å². The Labute approximate surface area is 132 Å². The summed E-state index contributed by atoms with van der Waals surface area (Å²) in [7, 11) is 0. The van der Waals surface area contributed by atoms with E-state index < -0.39 is 0 Å². The van der Waals surface area contributed by atoms with Gasteiger partial charge in [-0.25, -0.2) is 4.79 Å². The van der Waals surface area contributed by atoms with Gasteiger partial charge in [-0.2, -0.15) is 0 Å². The molecule has 0 radical (unpaired) electrons. The standard InChI is InChI=1S/C19H36O2/c1-5-7-8-9-10-11-12-13-14-15-19(3,4)16-17-21-18(20)6-2/h6H,2,5,7-17H2,1,3-4H3. The molecule has 0 atom stereocenters. The smallest absolute Gasteiger partial charge is 0.330 e. The third kappa shape index (κ3) is 13.9. The lowest BCUT2D eigenvalue weighted by atomic mass is 9.84. The Kier molecular flexibility index (Phi) is 12.4. The van der Waals surface area contributed by atoms with Crippen LogP contribution in [-0.4, -0.2) is 12.6 Å². The second-order valence-corrected chi connectivity index (χ2v) is 6.86. The third-order valence-electron chi connectivity index (χ3n) is 4.15. The zero-order chi connectivity index (χ0) is 16.0. The van der Waals surface area contributed by atoms with Crippen molar-refractivity contribution in [3.63, 3.8) is 0 Å². The van der Waals surface area contributed by atoms with Gasteiger partial charge in [0.25, 0.3) is 0 Å². The molecule has 0 saturated heterocycles. The molecule has 0 aromatic heterocycles. The topological polar surface area (TPSA) is 26.3 Å². The molecule has 0 unspecified atom stereocenters. The molecule has 0 aliphatic rings. The summed E-state index contributed by atoms with van der Waals surface area (Å²) in [5.74, 6) is -0.311. The molecule has 0 amide bonds. The van der Waals surface area contributed by atoms with E-state index in [4.69, 9.17) is 4.74 Å². The highest BCUT2D eigenvalue weighted by Gasteiger charge is 2.17. The maximum Gasteiger partial charge on any atom is 0.330 e. The van der Waals surface area contributed by atoms with Crippen LogP contribution < -0.4 is 0 Å². The van der Waals surface area contributed by atoms with Crippen molar-refractivity contribution in [3.05, 3.63) is 12.7 Å². The van der Waals surface area contributed by atoms with E-state index in [0.717, 1.165) is 6.42 Å². The number of esters is 1. The zero-order valence-corrected chi connectivity index (χ0v) is 14.6. The first kappa shape index (κ1) is 20.2. The number of hydrogen-bond donors (Lipinski definition) is 0. The van der Waals surface area contributed by atoms with Crippen LogP contribution in [-0.2, 0) is 9.53 Å². The first-order valence-corrected chi connectivity index (χ1v) is 8.81. The quantitative estimate of drug-likeness (QED) is 0.221. The second kappa shape index (κ2) is 12.9. The molecule has 21 heavy (non-hydrogen) atoms. The summed E-state index contributed by atoms with van der Waals surface area (Å²) >= 11 is 0. The molecule has 0 aliphatic heterocycles. The molecule has 0 saturated carbocycles. The summed E-state index contributed by atoms with van der Waals surface area (Å²) in [6.45, 7) is 10.7. The second-order valence-electron chi connectivity index (χ2n) is 6.86.